The van der Waals surface area contributed by atoms with Crippen molar-refractivity contribution in [1.29, 1.82) is 0 Å². The van der Waals surface area contributed by atoms with Crippen LogP contribution in [0.15, 0.2) is 24.5 Å². The van der Waals surface area contributed by atoms with E-state index in [4.69, 9.17) is 5.11 Å². The number of aromatic amines is 1. The average molecular weight is 230 g/mol. The predicted octanol–water partition coefficient (Wildman–Crippen LogP) is 0.213. The largest absolute Gasteiger partial charge is 0.478 e. The Balaban J connectivity index is 2.26. The van der Waals surface area contributed by atoms with Gasteiger partial charge < -0.3 is 5.11 Å². The molecule has 0 spiro atoms. The van der Waals surface area contributed by atoms with Gasteiger partial charge in [-0.1, -0.05) is 0 Å². The van der Waals surface area contributed by atoms with Crippen LogP contribution in [0.5, 0.6) is 0 Å². The SMILES string of the molecule is O=C(O)c1ccc2ncc(-c3nn[nH]n3)n2c1. The molecular weight excluding hydrogens is 224 g/mol. The summed E-state index contributed by atoms with van der Waals surface area (Å²) in [6, 6.07) is 3.11. The van der Waals surface area contributed by atoms with Gasteiger partial charge in [0.05, 0.1) is 11.8 Å². The third-order valence-electron chi connectivity index (χ3n) is 2.33. The molecule has 84 valence electrons. The molecule has 0 aliphatic carbocycles. The number of hydrogen-bond donors (Lipinski definition) is 2. The summed E-state index contributed by atoms with van der Waals surface area (Å²) in [6.07, 6.45) is 3.03. The van der Waals surface area contributed by atoms with E-state index in [-0.39, 0.29) is 5.56 Å². The summed E-state index contributed by atoms with van der Waals surface area (Å²) < 4.78 is 1.61. The lowest BCUT2D eigenvalue weighted by atomic mass is 10.3. The van der Waals surface area contributed by atoms with Crippen LogP contribution in [0.3, 0.4) is 0 Å². The topological polar surface area (TPSA) is 109 Å². The maximum atomic E-state index is 10.9. The van der Waals surface area contributed by atoms with E-state index >= 15 is 0 Å². The van der Waals surface area contributed by atoms with Gasteiger partial charge in [-0.3, -0.25) is 4.40 Å². The quantitative estimate of drug-likeness (QED) is 0.651. The fraction of sp³-hybridized carbons (Fsp3) is 0. The van der Waals surface area contributed by atoms with Gasteiger partial charge in [-0.05, 0) is 17.3 Å². The minimum Gasteiger partial charge on any atom is -0.478 e. The third kappa shape index (κ3) is 1.42. The van der Waals surface area contributed by atoms with Crippen molar-refractivity contribution in [1.82, 2.24) is 30.0 Å². The van der Waals surface area contributed by atoms with Crippen molar-refractivity contribution in [3.05, 3.63) is 30.1 Å². The fourth-order valence-corrected chi connectivity index (χ4v) is 1.54. The normalized spacial score (nSPS) is 10.8. The third-order valence-corrected chi connectivity index (χ3v) is 2.33. The van der Waals surface area contributed by atoms with Crippen LogP contribution < -0.4 is 0 Å². The molecule has 0 unspecified atom stereocenters. The van der Waals surface area contributed by atoms with Crippen LogP contribution in [0.25, 0.3) is 17.2 Å². The number of fused-ring (bicyclic) bond motifs is 1. The number of aromatic carboxylic acids is 1. The standard InChI is InChI=1S/C9H6N6O2/c16-9(17)5-1-2-7-10-3-6(15(7)4-5)8-11-13-14-12-8/h1-4H,(H,16,17)(H,11,12,13,14). The first-order valence-electron chi connectivity index (χ1n) is 4.70. The van der Waals surface area contributed by atoms with Crippen LogP contribution >= 0.6 is 0 Å². The number of nitrogens with zero attached hydrogens (tertiary/aromatic N) is 5. The Morgan fingerprint density at radius 3 is 3.00 bits per heavy atom. The van der Waals surface area contributed by atoms with Crippen LogP contribution in [-0.2, 0) is 0 Å². The van der Waals surface area contributed by atoms with Crippen molar-refractivity contribution in [3.63, 3.8) is 0 Å². The molecular formula is C9H6N6O2. The number of nitrogens with one attached hydrogen (secondary N) is 1. The number of carboxylic acids is 1. The highest BCUT2D eigenvalue weighted by molar-refractivity contribution is 5.87. The van der Waals surface area contributed by atoms with Gasteiger partial charge >= 0.3 is 5.97 Å². The number of hydrogen-bond acceptors (Lipinski definition) is 5. The molecule has 0 saturated carbocycles. The van der Waals surface area contributed by atoms with E-state index in [0.717, 1.165) is 0 Å². The highest BCUT2D eigenvalue weighted by atomic mass is 16.4. The molecule has 0 bridgehead atoms. The number of rotatable bonds is 2. The molecule has 17 heavy (non-hydrogen) atoms. The first kappa shape index (κ1) is 9.46. The lowest BCUT2D eigenvalue weighted by Crippen LogP contribution is -1.99. The summed E-state index contributed by atoms with van der Waals surface area (Å²) >= 11 is 0. The van der Waals surface area contributed by atoms with Gasteiger partial charge in [0.25, 0.3) is 0 Å². The lowest BCUT2D eigenvalue weighted by molar-refractivity contribution is 0.0696. The molecule has 0 amide bonds. The molecule has 0 aliphatic heterocycles. The van der Waals surface area contributed by atoms with Crippen LogP contribution in [0.1, 0.15) is 10.4 Å². The zero-order valence-corrected chi connectivity index (χ0v) is 8.40. The van der Waals surface area contributed by atoms with Gasteiger partial charge in [0.2, 0.25) is 5.82 Å². The second kappa shape index (κ2) is 3.37. The van der Waals surface area contributed by atoms with Gasteiger partial charge in [0, 0.05) is 6.20 Å². The van der Waals surface area contributed by atoms with Crippen LogP contribution in [-0.4, -0.2) is 41.1 Å². The summed E-state index contributed by atoms with van der Waals surface area (Å²) in [4.78, 5) is 15.0. The Hall–Kier alpha value is -2.77. The van der Waals surface area contributed by atoms with E-state index < -0.39 is 5.97 Å². The van der Waals surface area contributed by atoms with Crippen molar-refractivity contribution in [2.45, 2.75) is 0 Å². The number of carbonyl (C=O) groups is 1. The van der Waals surface area contributed by atoms with Crippen molar-refractivity contribution >= 4 is 11.6 Å². The zero-order valence-electron chi connectivity index (χ0n) is 8.40. The second-order valence-electron chi connectivity index (χ2n) is 3.33. The van der Waals surface area contributed by atoms with Gasteiger partial charge in [-0.2, -0.15) is 5.21 Å². The molecule has 0 saturated heterocycles. The molecule has 3 aromatic heterocycles. The molecule has 2 N–H and O–H groups in total. The van der Waals surface area contributed by atoms with E-state index in [1.807, 2.05) is 0 Å². The number of imidazole rings is 1. The molecule has 0 aliphatic rings. The summed E-state index contributed by atoms with van der Waals surface area (Å²) in [6.45, 7) is 0. The molecule has 0 aromatic carbocycles. The summed E-state index contributed by atoms with van der Waals surface area (Å²) in [5.41, 5.74) is 1.37. The molecule has 3 aromatic rings. The molecule has 0 fully saturated rings. The van der Waals surface area contributed by atoms with E-state index in [9.17, 15) is 4.79 Å². The number of tetrazole rings is 1. The summed E-state index contributed by atoms with van der Waals surface area (Å²) in [7, 11) is 0. The van der Waals surface area contributed by atoms with Crippen molar-refractivity contribution in [2.75, 3.05) is 0 Å². The Labute approximate surface area is 93.9 Å². The Morgan fingerprint density at radius 2 is 2.29 bits per heavy atom. The first-order valence-corrected chi connectivity index (χ1v) is 4.70. The van der Waals surface area contributed by atoms with E-state index in [1.165, 1.54) is 12.3 Å². The molecule has 3 rings (SSSR count). The van der Waals surface area contributed by atoms with Crippen LogP contribution in [0.4, 0.5) is 0 Å². The van der Waals surface area contributed by atoms with Crippen molar-refractivity contribution in [3.8, 4) is 11.5 Å². The van der Waals surface area contributed by atoms with Gasteiger partial charge in [0.1, 0.15) is 11.3 Å². The zero-order chi connectivity index (χ0) is 11.8. The van der Waals surface area contributed by atoms with Gasteiger partial charge in [0.15, 0.2) is 0 Å². The van der Waals surface area contributed by atoms with E-state index in [1.54, 1.807) is 16.7 Å². The van der Waals surface area contributed by atoms with Gasteiger partial charge in [-0.25, -0.2) is 9.78 Å². The fourth-order valence-electron chi connectivity index (χ4n) is 1.54. The number of aromatic nitrogens is 6. The molecule has 3 heterocycles. The number of H-pyrrole nitrogens is 1. The molecule has 8 nitrogen and oxygen atoms in total. The van der Waals surface area contributed by atoms with Crippen LogP contribution in [0, 0.1) is 0 Å². The number of carboxylic acid groups (broad SMARTS) is 1. The molecule has 0 radical (unpaired) electrons. The maximum Gasteiger partial charge on any atom is 0.337 e. The van der Waals surface area contributed by atoms with Gasteiger partial charge in [-0.15, -0.1) is 10.2 Å². The Kier molecular flexibility index (Phi) is 1.87. The minimum atomic E-state index is -1.00. The first-order chi connectivity index (χ1) is 8.25. The van der Waals surface area contributed by atoms with Crippen molar-refractivity contribution in [2.24, 2.45) is 0 Å². The smallest absolute Gasteiger partial charge is 0.337 e. The van der Waals surface area contributed by atoms with Crippen molar-refractivity contribution < 1.29 is 9.90 Å². The predicted molar refractivity (Wildman–Crippen MR) is 55.3 cm³/mol. The minimum absolute atomic E-state index is 0.167. The second-order valence-corrected chi connectivity index (χ2v) is 3.33. The average Bonchev–Trinajstić information content (AvgIpc) is 2.96. The highest BCUT2D eigenvalue weighted by Crippen LogP contribution is 2.16. The highest BCUT2D eigenvalue weighted by Gasteiger charge is 2.11. The maximum absolute atomic E-state index is 10.9. The number of pyridine rings is 1. The summed E-state index contributed by atoms with van der Waals surface area (Å²) in [5, 5.41) is 22.4. The Morgan fingerprint density at radius 1 is 1.41 bits per heavy atom. The van der Waals surface area contributed by atoms with Crippen LogP contribution in [0.2, 0.25) is 0 Å². The van der Waals surface area contributed by atoms with E-state index in [2.05, 4.69) is 25.6 Å². The lowest BCUT2D eigenvalue weighted by Gasteiger charge is -1.99. The summed E-state index contributed by atoms with van der Waals surface area (Å²) in [5.74, 6) is -0.639. The molecule has 0 atom stereocenters. The van der Waals surface area contributed by atoms with E-state index in [0.29, 0.717) is 17.2 Å². The molecule has 8 heteroatoms. The monoisotopic (exact) mass is 230 g/mol. The Bertz CT molecular complexity index is 687.